The van der Waals surface area contributed by atoms with Crippen LogP contribution in [0.1, 0.15) is 16.7 Å². The Kier molecular flexibility index (Phi) is 6.49. The lowest BCUT2D eigenvalue weighted by Crippen LogP contribution is -2.28. The van der Waals surface area contributed by atoms with Crippen molar-refractivity contribution in [1.82, 2.24) is 5.32 Å². The molecule has 0 saturated carbocycles. The van der Waals surface area contributed by atoms with Crippen molar-refractivity contribution in [2.75, 3.05) is 13.2 Å². The van der Waals surface area contributed by atoms with E-state index in [1.807, 2.05) is 32.0 Å². The van der Waals surface area contributed by atoms with Crippen molar-refractivity contribution in [3.63, 3.8) is 0 Å². The lowest BCUT2D eigenvalue weighted by molar-refractivity contribution is -0.153. The molecule has 0 radical (unpaired) electrons. The van der Waals surface area contributed by atoms with Crippen molar-refractivity contribution in [3.05, 3.63) is 59.2 Å². The molecule has 2 rings (SSSR count). The first-order valence-electron chi connectivity index (χ1n) is 7.98. The highest BCUT2D eigenvalue weighted by Crippen LogP contribution is 2.20. The molecule has 7 heteroatoms. The highest BCUT2D eigenvalue weighted by Gasteiger charge is 2.28. The monoisotopic (exact) mass is 367 g/mol. The predicted molar refractivity (Wildman–Crippen MR) is 91.2 cm³/mol. The first-order valence-corrected chi connectivity index (χ1v) is 7.98. The Hall–Kier alpha value is -2.70. The van der Waals surface area contributed by atoms with E-state index >= 15 is 0 Å². The van der Waals surface area contributed by atoms with Gasteiger partial charge < -0.3 is 14.8 Å². The van der Waals surface area contributed by atoms with Gasteiger partial charge in [0.1, 0.15) is 11.5 Å². The summed E-state index contributed by atoms with van der Waals surface area (Å²) in [5, 5.41) is 2.69. The maximum Gasteiger partial charge on any atom is 0.422 e. The van der Waals surface area contributed by atoms with E-state index in [1.54, 1.807) is 12.1 Å². The van der Waals surface area contributed by atoms with Gasteiger partial charge in [-0.25, -0.2) is 0 Å². The minimum Gasteiger partial charge on any atom is -0.484 e. The van der Waals surface area contributed by atoms with Gasteiger partial charge in [0.25, 0.3) is 5.91 Å². The first kappa shape index (κ1) is 19.6. The quantitative estimate of drug-likeness (QED) is 0.806. The number of rotatable bonds is 7. The van der Waals surface area contributed by atoms with Gasteiger partial charge >= 0.3 is 6.18 Å². The number of carbonyl (C=O) groups excluding carboxylic acids is 1. The fourth-order valence-corrected chi connectivity index (χ4v) is 2.13. The predicted octanol–water partition coefficient (Wildman–Crippen LogP) is 3.94. The van der Waals surface area contributed by atoms with Crippen molar-refractivity contribution in [2.24, 2.45) is 0 Å². The van der Waals surface area contributed by atoms with Crippen LogP contribution in [0.2, 0.25) is 0 Å². The molecule has 2 aromatic rings. The molecule has 0 unspecified atom stereocenters. The Bertz CT molecular complexity index is 743. The van der Waals surface area contributed by atoms with E-state index in [9.17, 15) is 18.0 Å². The molecule has 0 saturated heterocycles. The third kappa shape index (κ3) is 6.66. The third-order valence-electron chi connectivity index (χ3n) is 3.52. The second-order valence-corrected chi connectivity index (χ2v) is 5.88. The van der Waals surface area contributed by atoms with E-state index in [0.29, 0.717) is 5.75 Å². The van der Waals surface area contributed by atoms with Crippen LogP contribution in [0.4, 0.5) is 13.2 Å². The van der Waals surface area contributed by atoms with Gasteiger partial charge in [-0.2, -0.15) is 13.2 Å². The molecule has 2 aromatic carbocycles. The molecule has 0 fully saturated rings. The van der Waals surface area contributed by atoms with Crippen molar-refractivity contribution < 1.29 is 27.4 Å². The van der Waals surface area contributed by atoms with Crippen molar-refractivity contribution in [2.45, 2.75) is 26.6 Å². The zero-order valence-electron chi connectivity index (χ0n) is 14.5. The summed E-state index contributed by atoms with van der Waals surface area (Å²) in [6.45, 7) is 2.63. The lowest BCUT2D eigenvalue weighted by atomic mass is 10.1. The number of alkyl halides is 3. The summed E-state index contributed by atoms with van der Waals surface area (Å²) >= 11 is 0. The molecule has 0 atom stereocenters. The Morgan fingerprint density at radius 2 is 1.73 bits per heavy atom. The van der Waals surface area contributed by atoms with E-state index < -0.39 is 12.8 Å². The number of benzene rings is 2. The van der Waals surface area contributed by atoms with Gasteiger partial charge in [-0.3, -0.25) is 4.79 Å². The Labute approximate surface area is 149 Å². The molecular formula is C19H20F3NO3. The summed E-state index contributed by atoms with van der Waals surface area (Å²) in [5.74, 6) is 0.491. The van der Waals surface area contributed by atoms with Crippen molar-refractivity contribution in [1.29, 1.82) is 0 Å². The fourth-order valence-electron chi connectivity index (χ4n) is 2.13. The van der Waals surface area contributed by atoms with Crippen LogP contribution in [0.15, 0.2) is 42.5 Å². The minimum absolute atomic E-state index is 0.114. The number of carbonyl (C=O) groups is 1. The van der Waals surface area contributed by atoms with Crippen LogP contribution in [0.3, 0.4) is 0 Å². The van der Waals surface area contributed by atoms with E-state index in [-0.39, 0.29) is 24.8 Å². The van der Waals surface area contributed by atoms with Crippen LogP contribution in [0.5, 0.6) is 11.5 Å². The summed E-state index contributed by atoms with van der Waals surface area (Å²) in [6, 6.07) is 11.8. The van der Waals surface area contributed by atoms with E-state index in [4.69, 9.17) is 4.74 Å². The van der Waals surface area contributed by atoms with Gasteiger partial charge in [-0.1, -0.05) is 24.3 Å². The van der Waals surface area contributed by atoms with Gasteiger partial charge in [-0.15, -0.1) is 0 Å². The van der Waals surface area contributed by atoms with E-state index in [1.165, 1.54) is 12.1 Å². The largest absolute Gasteiger partial charge is 0.484 e. The molecule has 4 nitrogen and oxygen atoms in total. The smallest absolute Gasteiger partial charge is 0.422 e. The summed E-state index contributed by atoms with van der Waals surface area (Å²) in [4.78, 5) is 11.9. The van der Waals surface area contributed by atoms with Crippen molar-refractivity contribution in [3.8, 4) is 11.5 Å². The summed E-state index contributed by atoms with van der Waals surface area (Å²) < 4.78 is 46.4. The van der Waals surface area contributed by atoms with Gasteiger partial charge in [0.05, 0.1) is 0 Å². The van der Waals surface area contributed by atoms with Crippen LogP contribution < -0.4 is 14.8 Å². The summed E-state index contributed by atoms with van der Waals surface area (Å²) in [7, 11) is 0. The van der Waals surface area contributed by atoms with Crippen LogP contribution in [-0.2, 0) is 11.3 Å². The van der Waals surface area contributed by atoms with Crippen LogP contribution in [-0.4, -0.2) is 25.3 Å². The molecular weight excluding hydrogens is 347 g/mol. The molecule has 0 aromatic heterocycles. The molecule has 0 heterocycles. The zero-order valence-corrected chi connectivity index (χ0v) is 14.5. The number of hydrogen-bond donors (Lipinski definition) is 1. The molecule has 26 heavy (non-hydrogen) atoms. The number of ether oxygens (including phenoxy) is 2. The Balaban J connectivity index is 1.77. The van der Waals surface area contributed by atoms with Crippen LogP contribution in [0, 0.1) is 13.8 Å². The summed E-state index contributed by atoms with van der Waals surface area (Å²) in [6.07, 6.45) is -4.37. The number of nitrogens with one attached hydrogen (secondary N) is 1. The minimum atomic E-state index is -4.37. The highest BCUT2D eigenvalue weighted by molar-refractivity contribution is 5.77. The number of halogens is 3. The van der Waals surface area contributed by atoms with Gasteiger partial charge in [0.15, 0.2) is 13.2 Å². The average molecular weight is 367 g/mol. The van der Waals surface area contributed by atoms with Crippen LogP contribution >= 0.6 is 0 Å². The topological polar surface area (TPSA) is 47.6 Å². The second kappa shape index (κ2) is 8.60. The van der Waals surface area contributed by atoms with Crippen LogP contribution in [0.25, 0.3) is 0 Å². The second-order valence-electron chi connectivity index (χ2n) is 5.88. The molecule has 140 valence electrons. The molecule has 1 amide bonds. The van der Waals surface area contributed by atoms with Crippen molar-refractivity contribution >= 4 is 5.91 Å². The van der Waals surface area contributed by atoms with E-state index in [2.05, 4.69) is 10.1 Å². The fraction of sp³-hybridized carbons (Fsp3) is 0.316. The maximum absolute atomic E-state index is 12.1. The third-order valence-corrected chi connectivity index (χ3v) is 3.52. The SMILES string of the molecule is Cc1ccc(C)c(OCC(=O)NCc2ccc(OCC(F)(F)F)cc2)c1. The molecule has 0 spiro atoms. The number of aryl methyl sites for hydroxylation is 2. The first-order chi connectivity index (χ1) is 12.2. The maximum atomic E-state index is 12.1. The highest BCUT2D eigenvalue weighted by atomic mass is 19.4. The molecule has 1 N–H and O–H groups in total. The standard InChI is InChI=1S/C19H20F3NO3/c1-13-3-4-14(2)17(9-13)25-11-18(24)23-10-15-5-7-16(8-6-15)26-12-19(20,21)22/h3-9H,10-12H2,1-2H3,(H,23,24). The number of amides is 1. The Morgan fingerprint density at radius 1 is 1.04 bits per heavy atom. The summed E-state index contributed by atoms with van der Waals surface area (Å²) in [5.41, 5.74) is 2.72. The van der Waals surface area contributed by atoms with Gasteiger partial charge in [0, 0.05) is 6.54 Å². The van der Waals surface area contributed by atoms with Gasteiger partial charge in [0.2, 0.25) is 0 Å². The molecule has 0 aliphatic carbocycles. The van der Waals surface area contributed by atoms with E-state index in [0.717, 1.165) is 16.7 Å². The molecule has 0 aliphatic rings. The average Bonchev–Trinajstić information content (AvgIpc) is 2.59. The normalized spacial score (nSPS) is 11.1. The lowest BCUT2D eigenvalue weighted by Gasteiger charge is -2.11. The molecule has 0 bridgehead atoms. The number of hydrogen-bond acceptors (Lipinski definition) is 3. The zero-order chi connectivity index (χ0) is 19.2. The molecule has 0 aliphatic heterocycles. The van der Waals surface area contributed by atoms with Gasteiger partial charge in [-0.05, 0) is 48.7 Å². The Morgan fingerprint density at radius 3 is 2.38 bits per heavy atom.